The van der Waals surface area contributed by atoms with Gasteiger partial charge in [0.15, 0.2) is 0 Å². The minimum atomic E-state index is -0.985. The molecular formula is C11H19N3O. The highest BCUT2D eigenvalue weighted by molar-refractivity contribution is 5.07. The summed E-state index contributed by atoms with van der Waals surface area (Å²) in [7, 11) is 0. The van der Waals surface area contributed by atoms with E-state index in [1.54, 1.807) is 25.5 Å². The van der Waals surface area contributed by atoms with E-state index in [-0.39, 0.29) is 5.54 Å². The first kappa shape index (κ1) is 12.1. The van der Waals surface area contributed by atoms with Crippen molar-refractivity contribution in [2.45, 2.75) is 38.8 Å². The average molecular weight is 209 g/mol. The molecule has 0 fully saturated rings. The van der Waals surface area contributed by atoms with E-state index < -0.39 is 5.60 Å². The molecule has 1 aromatic heterocycles. The Morgan fingerprint density at radius 3 is 2.40 bits per heavy atom. The van der Waals surface area contributed by atoms with Gasteiger partial charge in [0.05, 0.1) is 11.9 Å². The van der Waals surface area contributed by atoms with Gasteiger partial charge in [0, 0.05) is 24.5 Å². The van der Waals surface area contributed by atoms with Gasteiger partial charge in [0.2, 0.25) is 0 Å². The van der Waals surface area contributed by atoms with Crippen LogP contribution >= 0.6 is 0 Å². The molecular weight excluding hydrogens is 190 g/mol. The molecule has 0 saturated heterocycles. The minimum Gasteiger partial charge on any atom is -0.382 e. The number of aromatic nitrogens is 2. The highest BCUT2D eigenvalue weighted by Gasteiger charge is 2.26. The van der Waals surface area contributed by atoms with Gasteiger partial charge >= 0.3 is 0 Å². The van der Waals surface area contributed by atoms with Crippen molar-refractivity contribution in [1.82, 2.24) is 15.3 Å². The summed E-state index contributed by atoms with van der Waals surface area (Å²) in [5.41, 5.74) is -0.421. The van der Waals surface area contributed by atoms with Crippen molar-refractivity contribution in [3.05, 3.63) is 24.3 Å². The molecule has 1 unspecified atom stereocenters. The van der Waals surface area contributed by atoms with Crippen LogP contribution in [0.3, 0.4) is 0 Å². The Bertz CT molecular complexity index is 303. The number of hydrogen-bond acceptors (Lipinski definition) is 4. The lowest BCUT2D eigenvalue weighted by molar-refractivity contribution is 0.0455. The predicted molar refractivity (Wildman–Crippen MR) is 59.4 cm³/mol. The highest BCUT2D eigenvalue weighted by Crippen LogP contribution is 2.16. The molecule has 0 saturated carbocycles. The average Bonchev–Trinajstić information content (AvgIpc) is 2.16. The summed E-state index contributed by atoms with van der Waals surface area (Å²) in [5.74, 6) is 0. The van der Waals surface area contributed by atoms with Crippen LogP contribution in [0, 0.1) is 0 Å². The van der Waals surface area contributed by atoms with Crippen LogP contribution in [0.2, 0.25) is 0 Å². The second-order valence-electron chi connectivity index (χ2n) is 4.97. The van der Waals surface area contributed by atoms with Crippen molar-refractivity contribution in [3.63, 3.8) is 0 Å². The maximum absolute atomic E-state index is 10.2. The van der Waals surface area contributed by atoms with E-state index >= 15 is 0 Å². The van der Waals surface area contributed by atoms with E-state index in [2.05, 4.69) is 36.1 Å². The Hall–Kier alpha value is -1.00. The summed E-state index contributed by atoms with van der Waals surface area (Å²) in [5, 5.41) is 13.4. The molecule has 2 N–H and O–H groups in total. The van der Waals surface area contributed by atoms with Crippen molar-refractivity contribution >= 4 is 0 Å². The van der Waals surface area contributed by atoms with Crippen LogP contribution in [0.1, 0.15) is 33.4 Å². The van der Waals surface area contributed by atoms with E-state index in [0.29, 0.717) is 12.2 Å². The largest absolute Gasteiger partial charge is 0.382 e. The molecule has 0 radical (unpaired) electrons. The third kappa shape index (κ3) is 3.93. The lowest BCUT2D eigenvalue weighted by Gasteiger charge is -2.28. The van der Waals surface area contributed by atoms with Crippen molar-refractivity contribution in [2.75, 3.05) is 6.54 Å². The van der Waals surface area contributed by atoms with Crippen molar-refractivity contribution < 1.29 is 5.11 Å². The zero-order valence-electron chi connectivity index (χ0n) is 9.78. The van der Waals surface area contributed by atoms with Gasteiger partial charge in [-0.05, 0) is 27.7 Å². The number of β-amino-alcohol motifs (C(OH)–C–C–N with tert-alkyl or cyclic N) is 1. The standard InChI is InChI=1S/C11H19N3O/c1-10(2,3)14-8-11(4,15)9-7-12-5-6-13-9/h5-7,14-15H,8H2,1-4H3. The van der Waals surface area contributed by atoms with Crippen molar-refractivity contribution in [3.8, 4) is 0 Å². The summed E-state index contributed by atoms with van der Waals surface area (Å²) in [4.78, 5) is 8.04. The lowest BCUT2D eigenvalue weighted by Crippen LogP contribution is -2.45. The summed E-state index contributed by atoms with van der Waals surface area (Å²) in [6.07, 6.45) is 4.77. The summed E-state index contributed by atoms with van der Waals surface area (Å²) < 4.78 is 0. The first-order valence-electron chi connectivity index (χ1n) is 5.05. The molecule has 4 nitrogen and oxygen atoms in total. The van der Waals surface area contributed by atoms with Gasteiger partial charge in [-0.1, -0.05) is 0 Å². The first-order valence-corrected chi connectivity index (χ1v) is 5.05. The third-order valence-corrected chi connectivity index (χ3v) is 2.08. The Morgan fingerprint density at radius 1 is 1.27 bits per heavy atom. The van der Waals surface area contributed by atoms with E-state index in [4.69, 9.17) is 0 Å². The molecule has 0 aliphatic rings. The number of hydrogen-bond donors (Lipinski definition) is 2. The number of rotatable bonds is 3. The van der Waals surface area contributed by atoms with E-state index in [0.717, 1.165) is 0 Å². The Morgan fingerprint density at radius 2 is 1.93 bits per heavy atom. The molecule has 1 heterocycles. The second-order valence-corrected chi connectivity index (χ2v) is 4.97. The molecule has 0 aromatic carbocycles. The first-order chi connectivity index (χ1) is 6.81. The van der Waals surface area contributed by atoms with Gasteiger partial charge < -0.3 is 10.4 Å². The molecule has 1 atom stereocenters. The van der Waals surface area contributed by atoms with Gasteiger partial charge in [-0.3, -0.25) is 9.97 Å². The molecule has 15 heavy (non-hydrogen) atoms. The lowest BCUT2D eigenvalue weighted by atomic mass is 10.0. The number of aliphatic hydroxyl groups is 1. The summed E-state index contributed by atoms with van der Waals surface area (Å²) in [6, 6.07) is 0. The number of nitrogens with one attached hydrogen (secondary N) is 1. The molecule has 4 heteroatoms. The van der Waals surface area contributed by atoms with E-state index in [9.17, 15) is 5.11 Å². The topological polar surface area (TPSA) is 58.0 Å². The van der Waals surface area contributed by atoms with Crippen LogP contribution in [0.15, 0.2) is 18.6 Å². The maximum Gasteiger partial charge on any atom is 0.118 e. The Balaban J connectivity index is 2.68. The molecule has 84 valence electrons. The maximum atomic E-state index is 10.2. The summed E-state index contributed by atoms with van der Waals surface area (Å²) >= 11 is 0. The van der Waals surface area contributed by atoms with Gasteiger partial charge in [0.25, 0.3) is 0 Å². The van der Waals surface area contributed by atoms with Crippen LogP contribution < -0.4 is 5.32 Å². The molecule has 1 rings (SSSR count). The zero-order valence-corrected chi connectivity index (χ0v) is 9.78. The molecule has 0 amide bonds. The number of nitrogens with zero attached hydrogens (tertiary/aromatic N) is 2. The van der Waals surface area contributed by atoms with Crippen LogP contribution in [-0.2, 0) is 5.60 Å². The van der Waals surface area contributed by atoms with E-state index in [1.165, 1.54) is 0 Å². The summed E-state index contributed by atoms with van der Waals surface area (Å²) in [6.45, 7) is 8.35. The Kier molecular flexibility index (Phi) is 3.42. The molecule has 0 aliphatic heterocycles. The quantitative estimate of drug-likeness (QED) is 0.782. The molecule has 0 spiro atoms. The van der Waals surface area contributed by atoms with Gasteiger partial charge in [-0.25, -0.2) is 0 Å². The fourth-order valence-electron chi connectivity index (χ4n) is 1.11. The van der Waals surface area contributed by atoms with Crippen LogP contribution in [0.25, 0.3) is 0 Å². The van der Waals surface area contributed by atoms with Gasteiger partial charge in [-0.15, -0.1) is 0 Å². The highest BCUT2D eigenvalue weighted by atomic mass is 16.3. The molecule has 0 bridgehead atoms. The van der Waals surface area contributed by atoms with Crippen molar-refractivity contribution in [1.29, 1.82) is 0 Å². The van der Waals surface area contributed by atoms with E-state index in [1.807, 2.05) is 0 Å². The van der Waals surface area contributed by atoms with Gasteiger partial charge in [-0.2, -0.15) is 0 Å². The Labute approximate surface area is 90.8 Å². The monoisotopic (exact) mass is 209 g/mol. The second kappa shape index (κ2) is 4.24. The fraction of sp³-hybridized carbons (Fsp3) is 0.636. The van der Waals surface area contributed by atoms with Crippen LogP contribution in [-0.4, -0.2) is 27.2 Å². The third-order valence-electron chi connectivity index (χ3n) is 2.08. The smallest absolute Gasteiger partial charge is 0.118 e. The van der Waals surface area contributed by atoms with Crippen LogP contribution in [0.5, 0.6) is 0 Å². The predicted octanol–water partition coefficient (Wildman–Crippen LogP) is 1.07. The SMILES string of the molecule is CC(C)(C)NCC(C)(O)c1cnccn1. The fourth-order valence-corrected chi connectivity index (χ4v) is 1.11. The molecule has 0 aliphatic carbocycles. The van der Waals surface area contributed by atoms with Crippen LogP contribution in [0.4, 0.5) is 0 Å². The van der Waals surface area contributed by atoms with Crippen molar-refractivity contribution in [2.24, 2.45) is 0 Å². The normalized spacial score (nSPS) is 16.1. The minimum absolute atomic E-state index is 0.0216. The van der Waals surface area contributed by atoms with Gasteiger partial charge in [0.1, 0.15) is 5.60 Å². The molecule has 1 aromatic rings. The zero-order chi connectivity index (χ0) is 11.5.